The molecule has 0 bridgehead atoms. The first-order valence-corrected chi connectivity index (χ1v) is 5.83. The van der Waals surface area contributed by atoms with E-state index >= 15 is 0 Å². The first kappa shape index (κ1) is 12.8. The van der Waals surface area contributed by atoms with Crippen molar-refractivity contribution in [3.05, 3.63) is 34.1 Å². The first-order chi connectivity index (χ1) is 8.60. The number of benzene rings is 1. The maximum atomic E-state index is 13.0. The van der Waals surface area contributed by atoms with Gasteiger partial charge in [-0.05, 0) is 31.4 Å². The van der Waals surface area contributed by atoms with Crippen LogP contribution < -0.4 is 5.32 Å². The molecule has 2 atom stereocenters. The van der Waals surface area contributed by atoms with Gasteiger partial charge in [0.2, 0.25) is 0 Å². The van der Waals surface area contributed by atoms with Crippen molar-refractivity contribution >= 4 is 11.4 Å². The molecule has 0 heterocycles. The van der Waals surface area contributed by atoms with Gasteiger partial charge in [-0.2, -0.15) is 0 Å². The van der Waals surface area contributed by atoms with Crippen LogP contribution in [-0.2, 0) is 4.74 Å². The summed E-state index contributed by atoms with van der Waals surface area (Å²) >= 11 is 0. The number of rotatable bonds is 4. The van der Waals surface area contributed by atoms with E-state index in [-0.39, 0.29) is 17.8 Å². The van der Waals surface area contributed by atoms with Crippen molar-refractivity contribution in [3.8, 4) is 0 Å². The Labute approximate surface area is 104 Å². The molecule has 98 valence electrons. The van der Waals surface area contributed by atoms with E-state index in [4.69, 9.17) is 4.74 Å². The molecule has 1 aliphatic rings. The van der Waals surface area contributed by atoms with E-state index in [0.29, 0.717) is 5.69 Å². The molecular formula is C12H15FN2O3. The van der Waals surface area contributed by atoms with Gasteiger partial charge in [-0.15, -0.1) is 0 Å². The molecule has 0 aromatic heterocycles. The average Bonchev–Trinajstić information content (AvgIpc) is 2.79. The van der Waals surface area contributed by atoms with Crippen LogP contribution in [0.3, 0.4) is 0 Å². The lowest BCUT2D eigenvalue weighted by atomic mass is 10.2. The predicted octanol–water partition coefficient (Wildman–Crippen LogP) is 2.71. The van der Waals surface area contributed by atoms with Crippen molar-refractivity contribution in [2.75, 3.05) is 12.4 Å². The lowest BCUT2D eigenvalue weighted by molar-refractivity contribution is -0.384. The fourth-order valence-electron chi connectivity index (χ4n) is 2.28. The molecular weight excluding hydrogens is 239 g/mol. The van der Waals surface area contributed by atoms with Gasteiger partial charge in [-0.1, -0.05) is 0 Å². The molecule has 2 rings (SSSR count). The zero-order chi connectivity index (χ0) is 13.1. The van der Waals surface area contributed by atoms with Gasteiger partial charge in [-0.3, -0.25) is 10.1 Å². The quantitative estimate of drug-likeness (QED) is 0.662. The van der Waals surface area contributed by atoms with Crippen molar-refractivity contribution in [2.24, 2.45) is 0 Å². The molecule has 1 aromatic rings. The number of nitrogens with zero attached hydrogens (tertiary/aromatic N) is 1. The highest BCUT2D eigenvalue weighted by atomic mass is 19.1. The topological polar surface area (TPSA) is 64.4 Å². The third-order valence-corrected chi connectivity index (χ3v) is 3.23. The molecule has 1 aliphatic carbocycles. The summed E-state index contributed by atoms with van der Waals surface area (Å²) in [6.45, 7) is 0. The maximum Gasteiger partial charge on any atom is 0.295 e. The molecule has 1 N–H and O–H groups in total. The number of hydrogen-bond acceptors (Lipinski definition) is 4. The van der Waals surface area contributed by atoms with Crippen molar-refractivity contribution in [1.29, 1.82) is 0 Å². The minimum Gasteiger partial charge on any atom is -0.381 e. The van der Waals surface area contributed by atoms with Crippen LogP contribution in [0.2, 0.25) is 0 Å². The Balaban J connectivity index is 2.12. The van der Waals surface area contributed by atoms with Gasteiger partial charge in [0.25, 0.3) is 5.69 Å². The molecule has 5 nitrogen and oxygen atoms in total. The van der Waals surface area contributed by atoms with Gasteiger partial charge >= 0.3 is 0 Å². The first-order valence-electron chi connectivity index (χ1n) is 5.83. The van der Waals surface area contributed by atoms with E-state index in [1.165, 1.54) is 12.1 Å². The smallest absolute Gasteiger partial charge is 0.295 e. The van der Waals surface area contributed by atoms with E-state index < -0.39 is 10.7 Å². The molecule has 0 amide bonds. The Morgan fingerprint density at radius 2 is 2.28 bits per heavy atom. The van der Waals surface area contributed by atoms with Crippen LogP contribution in [0.5, 0.6) is 0 Å². The maximum absolute atomic E-state index is 13.0. The fourth-order valence-corrected chi connectivity index (χ4v) is 2.28. The van der Waals surface area contributed by atoms with E-state index in [9.17, 15) is 14.5 Å². The van der Waals surface area contributed by atoms with Gasteiger partial charge in [0.05, 0.1) is 17.1 Å². The highest BCUT2D eigenvalue weighted by molar-refractivity contribution is 5.61. The molecule has 18 heavy (non-hydrogen) atoms. The van der Waals surface area contributed by atoms with Gasteiger partial charge in [0.1, 0.15) is 11.5 Å². The van der Waals surface area contributed by atoms with Crippen molar-refractivity contribution in [3.63, 3.8) is 0 Å². The van der Waals surface area contributed by atoms with E-state index in [1.807, 2.05) is 0 Å². The largest absolute Gasteiger partial charge is 0.381 e. The van der Waals surface area contributed by atoms with Crippen LogP contribution in [0.15, 0.2) is 18.2 Å². The summed E-state index contributed by atoms with van der Waals surface area (Å²) < 4.78 is 18.2. The molecule has 0 spiro atoms. The third kappa shape index (κ3) is 2.76. The second kappa shape index (κ2) is 5.30. The van der Waals surface area contributed by atoms with E-state index in [2.05, 4.69) is 5.32 Å². The van der Waals surface area contributed by atoms with Crippen LogP contribution >= 0.6 is 0 Å². The number of nitro benzene ring substituents is 1. The minimum absolute atomic E-state index is 0.138. The molecule has 6 heteroatoms. The van der Waals surface area contributed by atoms with Gasteiger partial charge in [0.15, 0.2) is 0 Å². The zero-order valence-corrected chi connectivity index (χ0v) is 10.1. The second-order valence-corrected chi connectivity index (χ2v) is 4.43. The monoisotopic (exact) mass is 254 g/mol. The summed E-state index contributed by atoms with van der Waals surface area (Å²) in [6, 6.07) is 3.70. The third-order valence-electron chi connectivity index (χ3n) is 3.23. The summed E-state index contributed by atoms with van der Waals surface area (Å²) in [7, 11) is 1.66. The number of nitrogens with one attached hydrogen (secondary N) is 1. The number of anilines is 1. The number of nitro groups is 1. The van der Waals surface area contributed by atoms with Crippen LogP contribution in [-0.4, -0.2) is 24.2 Å². The molecule has 0 aliphatic heterocycles. The second-order valence-electron chi connectivity index (χ2n) is 4.43. The highest BCUT2D eigenvalue weighted by Gasteiger charge is 2.26. The zero-order valence-electron chi connectivity index (χ0n) is 10.1. The van der Waals surface area contributed by atoms with E-state index in [1.54, 1.807) is 7.11 Å². The number of hydrogen-bond donors (Lipinski definition) is 1. The molecule has 1 fully saturated rings. The summed E-state index contributed by atoms with van der Waals surface area (Å²) in [5.74, 6) is -0.603. The van der Waals surface area contributed by atoms with Crippen LogP contribution in [0, 0.1) is 15.9 Å². The summed E-state index contributed by atoms with van der Waals surface area (Å²) in [5, 5.41) is 13.9. The van der Waals surface area contributed by atoms with Crippen LogP contribution in [0.1, 0.15) is 19.3 Å². The predicted molar refractivity (Wildman–Crippen MR) is 65.1 cm³/mol. The fraction of sp³-hybridized carbons (Fsp3) is 0.500. The Kier molecular flexibility index (Phi) is 3.76. The molecule has 0 radical (unpaired) electrons. The Morgan fingerprint density at radius 1 is 1.50 bits per heavy atom. The minimum atomic E-state index is -0.603. The molecule has 0 saturated heterocycles. The lowest BCUT2D eigenvalue weighted by Gasteiger charge is -2.14. The van der Waals surface area contributed by atoms with Crippen molar-refractivity contribution in [1.82, 2.24) is 0 Å². The summed E-state index contributed by atoms with van der Waals surface area (Å²) in [6.07, 6.45) is 2.84. The van der Waals surface area contributed by atoms with E-state index in [0.717, 1.165) is 25.3 Å². The molecule has 1 aromatic carbocycles. The Bertz CT molecular complexity index is 453. The van der Waals surface area contributed by atoms with Crippen LogP contribution in [0.25, 0.3) is 0 Å². The average molecular weight is 254 g/mol. The SMILES string of the molecule is COC1CCC(Nc2ccc(F)cc2[N+](=O)[O-])C1. The lowest BCUT2D eigenvalue weighted by Crippen LogP contribution is -2.18. The molecule has 1 saturated carbocycles. The van der Waals surface area contributed by atoms with Crippen molar-refractivity contribution < 1.29 is 14.1 Å². The standard InChI is InChI=1S/C12H15FN2O3/c1-18-10-4-3-9(7-10)14-11-5-2-8(13)6-12(11)15(16)17/h2,5-6,9-10,14H,3-4,7H2,1H3. The van der Waals surface area contributed by atoms with Crippen LogP contribution in [0.4, 0.5) is 15.8 Å². The number of halogens is 1. The highest BCUT2D eigenvalue weighted by Crippen LogP contribution is 2.30. The summed E-state index contributed by atoms with van der Waals surface area (Å²) in [5.41, 5.74) is 0.138. The van der Waals surface area contributed by atoms with Gasteiger partial charge in [-0.25, -0.2) is 4.39 Å². The Hall–Kier alpha value is -1.69. The number of ether oxygens (including phenoxy) is 1. The summed E-state index contributed by atoms with van der Waals surface area (Å²) in [4.78, 5) is 10.3. The number of methoxy groups -OCH3 is 1. The Morgan fingerprint density at radius 3 is 2.89 bits per heavy atom. The normalized spacial score (nSPS) is 23.0. The van der Waals surface area contributed by atoms with Crippen molar-refractivity contribution in [2.45, 2.75) is 31.4 Å². The van der Waals surface area contributed by atoms with Gasteiger partial charge < -0.3 is 10.1 Å². The van der Waals surface area contributed by atoms with Gasteiger partial charge in [0, 0.05) is 13.2 Å². The molecule has 2 unspecified atom stereocenters.